The van der Waals surface area contributed by atoms with Crippen LogP contribution in [-0.2, 0) is 16.0 Å². The van der Waals surface area contributed by atoms with Crippen molar-refractivity contribution in [2.75, 3.05) is 43.5 Å². The van der Waals surface area contributed by atoms with Gasteiger partial charge in [-0.15, -0.1) is 0 Å². The lowest BCUT2D eigenvalue weighted by atomic mass is 10.1. The number of rotatable bonds is 6. The Morgan fingerprint density at radius 2 is 1.59 bits per heavy atom. The third kappa shape index (κ3) is 5.50. The van der Waals surface area contributed by atoms with Crippen molar-refractivity contribution in [1.82, 2.24) is 4.90 Å². The summed E-state index contributed by atoms with van der Waals surface area (Å²) >= 11 is 0. The Hall–Kier alpha value is -3.02. The summed E-state index contributed by atoms with van der Waals surface area (Å²) in [5.41, 5.74) is 2.82. The van der Waals surface area contributed by atoms with Crippen LogP contribution in [0.5, 0.6) is 5.75 Å². The maximum atomic E-state index is 12.3. The van der Waals surface area contributed by atoms with Gasteiger partial charge in [0.1, 0.15) is 5.75 Å². The molecule has 1 saturated heterocycles. The van der Waals surface area contributed by atoms with Crippen LogP contribution in [0.2, 0.25) is 0 Å². The molecule has 2 aromatic carbocycles. The van der Waals surface area contributed by atoms with Crippen molar-refractivity contribution >= 4 is 23.2 Å². The number of anilines is 2. The minimum absolute atomic E-state index is 0.0439. The van der Waals surface area contributed by atoms with Gasteiger partial charge in [-0.2, -0.15) is 0 Å². The van der Waals surface area contributed by atoms with Crippen LogP contribution in [0.4, 0.5) is 11.4 Å². The van der Waals surface area contributed by atoms with Gasteiger partial charge >= 0.3 is 0 Å². The first-order chi connectivity index (χ1) is 14.0. The Labute approximate surface area is 172 Å². The first kappa shape index (κ1) is 20.7. The topological polar surface area (TPSA) is 61.9 Å². The molecule has 0 unspecified atom stereocenters. The summed E-state index contributed by atoms with van der Waals surface area (Å²) in [6, 6.07) is 15.4. The van der Waals surface area contributed by atoms with Crippen molar-refractivity contribution < 1.29 is 14.3 Å². The van der Waals surface area contributed by atoms with Crippen molar-refractivity contribution in [3.8, 4) is 5.75 Å². The van der Waals surface area contributed by atoms with E-state index in [-0.39, 0.29) is 17.7 Å². The highest BCUT2D eigenvalue weighted by atomic mass is 16.5. The summed E-state index contributed by atoms with van der Waals surface area (Å²) in [5.74, 6) is 0.991. The minimum Gasteiger partial charge on any atom is -0.497 e. The number of hydrogen-bond acceptors (Lipinski definition) is 4. The molecule has 0 bridgehead atoms. The van der Waals surface area contributed by atoms with E-state index in [0.717, 1.165) is 48.9 Å². The Morgan fingerprint density at radius 3 is 2.14 bits per heavy atom. The maximum absolute atomic E-state index is 12.3. The third-order valence-corrected chi connectivity index (χ3v) is 5.13. The van der Waals surface area contributed by atoms with E-state index in [4.69, 9.17) is 4.74 Å². The van der Waals surface area contributed by atoms with Gasteiger partial charge in [0.2, 0.25) is 11.8 Å². The lowest BCUT2D eigenvalue weighted by Crippen LogP contribution is -2.49. The lowest BCUT2D eigenvalue weighted by molar-refractivity contribution is -0.134. The number of methoxy groups -OCH3 is 1. The number of carbonyl (C=O) groups excluding carboxylic acids is 2. The van der Waals surface area contributed by atoms with Gasteiger partial charge in [-0.3, -0.25) is 9.59 Å². The van der Waals surface area contributed by atoms with E-state index >= 15 is 0 Å². The minimum atomic E-state index is -0.0521. The fourth-order valence-electron chi connectivity index (χ4n) is 3.44. The first-order valence-electron chi connectivity index (χ1n) is 10.0. The molecule has 2 aromatic rings. The third-order valence-electron chi connectivity index (χ3n) is 5.13. The molecular weight excluding hydrogens is 366 g/mol. The average Bonchev–Trinajstić information content (AvgIpc) is 2.74. The number of ether oxygens (including phenoxy) is 1. The number of nitrogens with one attached hydrogen (secondary N) is 1. The Bertz CT molecular complexity index is 823. The van der Waals surface area contributed by atoms with E-state index in [1.807, 2.05) is 67.3 Å². The largest absolute Gasteiger partial charge is 0.497 e. The van der Waals surface area contributed by atoms with Crippen molar-refractivity contribution in [3.05, 3.63) is 54.1 Å². The molecule has 3 rings (SSSR count). The molecule has 6 heteroatoms. The highest BCUT2D eigenvalue weighted by Crippen LogP contribution is 2.20. The second kappa shape index (κ2) is 9.45. The number of carbonyl (C=O) groups is 2. The molecule has 154 valence electrons. The molecular formula is C23H29N3O3. The standard InChI is InChI=1S/C23H29N3O3/c1-17(2)23(28)26-14-12-25(13-15-26)20-8-6-19(7-9-20)24-22(27)16-18-4-10-21(29-3)11-5-18/h4-11,17H,12-16H2,1-3H3,(H,24,27). The van der Waals surface area contributed by atoms with Crippen LogP contribution in [0, 0.1) is 5.92 Å². The van der Waals surface area contributed by atoms with Gasteiger partial charge in [0, 0.05) is 43.5 Å². The van der Waals surface area contributed by atoms with Crippen LogP contribution in [0.3, 0.4) is 0 Å². The van der Waals surface area contributed by atoms with E-state index in [1.54, 1.807) is 7.11 Å². The zero-order chi connectivity index (χ0) is 20.8. The molecule has 1 heterocycles. The van der Waals surface area contributed by atoms with Crippen LogP contribution in [-0.4, -0.2) is 50.0 Å². The first-order valence-corrected chi connectivity index (χ1v) is 10.0. The molecule has 0 saturated carbocycles. The molecule has 6 nitrogen and oxygen atoms in total. The molecule has 2 amide bonds. The molecule has 1 aliphatic rings. The quantitative estimate of drug-likeness (QED) is 0.816. The van der Waals surface area contributed by atoms with Gasteiger partial charge in [-0.25, -0.2) is 0 Å². The van der Waals surface area contributed by atoms with Gasteiger partial charge < -0.3 is 19.9 Å². The average molecular weight is 396 g/mol. The number of benzene rings is 2. The Morgan fingerprint density at radius 1 is 0.966 bits per heavy atom. The monoisotopic (exact) mass is 395 g/mol. The van der Waals surface area contributed by atoms with Crippen LogP contribution in [0.1, 0.15) is 19.4 Å². The molecule has 0 radical (unpaired) electrons. The Kier molecular flexibility index (Phi) is 6.75. The van der Waals surface area contributed by atoms with E-state index in [1.165, 1.54) is 0 Å². The SMILES string of the molecule is COc1ccc(CC(=O)Nc2ccc(N3CCN(C(=O)C(C)C)CC3)cc2)cc1. The van der Waals surface area contributed by atoms with Crippen LogP contribution in [0.15, 0.2) is 48.5 Å². The van der Waals surface area contributed by atoms with E-state index in [9.17, 15) is 9.59 Å². The highest BCUT2D eigenvalue weighted by Gasteiger charge is 2.22. The lowest BCUT2D eigenvalue weighted by Gasteiger charge is -2.37. The summed E-state index contributed by atoms with van der Waals surface area (Å²) in [6.07, 6.45) is 0.317. The Balaban J connectivity index is 1.51. The summed E-state index contributed by atoms with van der Waals surface area (Å²) in [7, 11) is 1.62. The van der Waals surface area contributed by atoms with E-state index in [2.05, 4.69) is 10.2 Å². The van der Waals surface area contributed by atoms with Crippen LogP contribution < -0.4 is 15.0 Å². The van der Waals surface area contributed by atoms with Crippen molar-refractivity contribution in [1.29, 1.82) is 0 Å². The zero-order valence-electron chi connectivity index (χ0n) is 17.4. The second-order valence-electron chi connectivity index (χ2n) is 7.59. The summed E-state index contributed by atoms with van der Waals surface area (Å²) in [5, 5.41) is 2.94. The van der Waals surface area contributed by atoms with Gasteiger partial charge in [0.05, 0.1) is 13.5 Å². The smallest absolute Gasteiger partial charge is 0.228 e. The fraction of sp³-hybridized carbons (Fsp3) is 0.391. The molecule has 1 fully saturated rings. The molecule has 1 aliphatic heterocycles. The summed E-state index contributed by atoms with van der Waals surface area (Å²) in [4.78, 5) is 28.6. The van der Waals surface area contributed by atoms with Crippen LogP contribution in [0.25, 0.3) is 0 Å². The van der Waals surface area contributed by atoms with Crippen molar-refractivity contribution in [2.45, 2.75) is 20.3 Å². The van der Waals surface area contributed by atoms with Crippen molar-refractivity contribution in [3.63, 3.8) is 0 Å². The van der Waals surface area contributed by atoms with Crippen molar-refractivity contribution in [2.24, 2.45) is 5.92 Å². The second-order valence-corrected chi connectivity index (χ2v) is 7.59. The summed E-state index contributed by atoms with van der Waals surface area (Å²) < 4.78 is 5.14. The predicted octanol–water partition coefficient (Wildman–Crippen LogP) is 3.18. The van der Waals surface area contributed by atoms with E-state index in [0.29, 0.717) is 6.42 Å². The fourth-order valence-corrected chi connectivity index (χ4v) is 3.44. The maximum Gasteiger partial charge on any atom is 0.228 e. The highest BCUT2D eigenvalue weighted by molar-refractivity contribution is 5.92. The number of hydrogen-bond donors (Lipinski definition) is 1. The normalized spacial score (nSPS) is 14.1. The molecule has 0 aromatic heterocycles. The molecule has 0 aliphatic carbocycles. The molecule has 29 heavy (non-hydrogen) atoms. The van der Waals surface area contributed by atoms with Gasteiger partial charge in [-0.1, -0.05) is 26.0 Å². The number of piperazine rings is 1. The van der Waals surface area contributed by atoms with Gasteiger partial charge in [0.15, 0.2) is 0 Å². The molecule has 0 spiro atoms. The number of amides is 2. The van der Waals surface area contributed by atoms with Gasteiger partial charge in [0.25, 0.3) is 0 Å². The number of nitrogens with zero attached hydrogens (tertiary/aromatic N) is 2. The van der Waals surface area contributed by atoms with Crippen LogP contribution >= 0.6 is 0 Å². The van der Waals surface area contributed by atoms with E-state index < -0.39 is 0 Å². The molecule has 0 atom stereocenters. The summed E-state index contributed by atoms with van der Waals surface area (Å²) in [6.45, 7) is 7.02. The van der Waals surface area contributed by atoms with Gasteiger partial charge in [-0.05, 0) is 42.0 Å². The predicted molar refractivity (Wildman–Crippen MR) is 115 cm³/mol. The zero-order valence-corrected chi connectivity index (χ0v) is 17.4. The molecule has 1 N–H and O–H groups in total.